The summed E-state index contributed by atoms with van der Waals surface area (Å²) < 4.78 is 5.45. The number of piperazine rings is 1. The maximum atomic E-state index is 11.3. The number of ether oxygens (including phenoxy) is 1. The van der Waals surface area contributed by atoms with Crippen molar-refractivity contribution in [2.45, 2.75) is 18.9 Å². The van der Waals surface area contributed by atoms with E-state index in [1.54, 1.807) is 7.11 Å². The van der Waals surface area contributed by atoms with E-state index in [9.17, 15) is 10.1 Å². The molecule has 2 heterocycles. The maximum Gasteiger partial charge on any atom is 0.280 e. The van der Waals surface area contributed by atoms with E-state index in [-0.39, 0.29) is 10.6 Å². The van der Waals surface area contributed by atoms with Gasteiger partial charge < -0.3 is 14.5 Å². The standard InChI is InChI=1S/C19H28N4O3/c1-4-15-13-18(19(26-3)14-17(15)23(24)25)22-7-5-16(6-8-22)21-11-9-20(2)10-12-21/h4,13-14,16H,1,5-12H2,2-3H3. The zero-order valence-corrected chi connectivity index (χ0v) is 15.7. The van der Waals surface area contributed by atoms with Crippen molar-refractivity contribution in [2.75, 3.05) is 58.3 Å². The molecular formula is C19H28N4O3. The number of nitro benzene ring substituents is 1. The molecule has 0 aromatic heterocycles. The molecule has 0 N–H and O–H groups in total. The van der Waals surface area contributed by atoms with Crippen LogP contribution in [0.15, 0.2) is 18.7 Å². The summed E-state index contributed by atoms with van der Waals surface area (Å²) in [7, 11) is 3.74. The summed E-state index contributed by atoms with van der Waals surface area (Å²) in [4.78, 5) is 18.1. The number of benzene rings is 1. The lowest BCUT2D eigenvalue weighted by Gasteiger charge is -2.42. The van der Waals surface area contributed by atoms with Crippen LogP contribution in [0.25, 0.3) is 6.08 Å². The van der Waals surface area contributed by atoms with E-state index in [2.05, 4.69) is 28.3 Å². The van der Waals surface area contributed by atoms with Crippen LogP contribution in [0.1, 0.15) is 18.4 Å². The van der Waals surface area contributed by atoms with Gasteiger partial charge in [0.15, 0.2) is 0 Å². The second-order valence-electron chi connectivity index (χ2n) is 7.10. The molecule has 0 amide bonds. The topological polar surface area (TPSA) is 62.1 Å². The number of hydrogen-bond donors (Lipinski definition) is 0. The van der Waals surface area contributed by atoms with Gasteiger partial charge in [-0.2, -0.15) is 0 Å². The van der Waals surface area contributed by atoms with Crippen molar-refractivity contribution >= 4 is 17.5 Å². The largest absolute Gasteiger partial charge is 0.494 e. The molecule has 26 heavy (non-hydrogen) atoms. The van der Waals surface area contributed by atoms with Gasteiger partial charge in [-0.15, -0.1) is 0 Å². The molecule has 0 atom stereocenters. The molecule has 1 aromatic rings. The number of nitro groups is 1. The Kier molecular flexibility index (Phi) is 5.78. The van der Waals surface area contributed by atoms with Crippen molar-refractivity contribution in [3.05, 3.63) is 34.4 Å². The monoisotopic (exact) mass is 360 g/mol. The highest BCUT2D eigenvalue weighted by Crippen LogP contribution is 2.37. The minimum Gasteiger partial charge on any atom is -0.494 e. The molecule has 2 fully saturated rings. The van der Waals surface area contributed by atoms with Gasteiger partial charge in [-0.3, -0.25) is 15.0 Å². The Morgan fingerprint density at radius 3 is 2.38 bits per heavy atom. The zero-order chi connectivity index (χ0) is 18.7. The van der Waals surface area contributed by atoms with Crippen LogP contribution in [-0.4, -0.2) is 74.2 Å². The minimum absolute atomic E-state index is 0.0351. The van der Waals surface area contributed by atoms with Crippen molar-refractivity contribution in [2.24, 2.45) is 0 Å². The van der Waals surface area contributed by atoms with E-state index in [1.165, 1.54) is 12.1 Å². The number of likely N-dealkylation sites (N-methyl/N-ethyl adjacent to an activating group) is 1. The van der Waals surface area contributed by atoms with Gasteiger partial charge in [0.2, 0.25) is 0 Å². The third-order valence-electron chi connectivity index (χ3n) is 5.60. The Morgan fingerprint density at radius 1 is 1.19 bits per heavy atom. The minimum atomic E-state index is -0.386. The van der Waals surface area contributed by atoms with Crippen LogP contribution >= 0.6 is 0 Å². The molecular weight excluding hydrogens is 332 g/mol. The van der Waals surface area contributed by atoms with Crippen LogP contribution in [0.5, 0.6) is 5.75 Å². The molecule has 0 saturated carbocycles. The summed E-state index contributed by atoms with van der Waals surface area (Å²) in [6, 6.07) is 3.97. The molecule has 3 rings (SSSR count). The molecule has 7 nitrogen and oxygen atoms in total. The van der Waals surface area contributed by atoms with Crippen molar-refractivity contribution < 1.29 is 9.66 Å². The molecule has 0 aliphatic carbocycles. The Morgan fingerprint density at radius 2 is 1.85 bits per heavy atom. The van der Waals surface area contributed by atoms with E-state index in [4.69, 9.17) is 4.74 Å². The van der Waals surface area contributed by atoms with Gasteiger partial charge in [0.25, 0.3) is 5.69 Å². The molecule has 2 aliphatic rings. The van der Waals surface area contributed by atoms with Gasteiger partial charge in [0.1, 0.15) is 5.75 Å². The molecule has 0 radical (unpaired) electrons. The summed E-state index contributed by atoms with van der Waals surface area (Å²) in [6.07, 6.45) is 3.75. The van der Waals surface area contributed by atoms with Crippen LogP contribution < -0.4 is 9.64 Å². The van der Waals surface area contributed by atoms with Crippen molar-refractivity contribution in [1.29, 1.82) is 0 Å². The van der Waals surface area contributed by atoms with Crippen LogP contribution in [0, 0.1) is 10.1 Å². The Hall–Kier alpha value is -2.12. The van der Waals surface area contributed by atoms with Crippen LogP contribution in [0.3, 0.4) is 0 Å². The van der Waals surface area contributed by atoms with Crippen molar-refractivity contribution in [3.63, 3.8) is 0 Å². The first-order valence-corrected chi connectivity index (χ1v) is 9.20. The van der Waals surface area contributed by atoms with Crippen molar-refractivity contribution in [3.8, 4) is 5.75 Å². The maximum absolute atomic E-state index is 11.3. The Labute approximate surface area is 155 Å². The first-order chi connectivity index (χ1) is 12.5. The summed E-state index contributed by atoms with van der Waals surface area (Å²) in [5.74, 6) is 0.556. The lowest BCUT2D eigenvalue weighted by molar-refractivity contribution is -0.385. The average molecular weight is 360 g/mol. The highest BCUT2D eigenvalue weighted by Gasteiger charge is 2.28. The zero-order valence-electron chi connectivity index (χ0n) is 15.7. The lowest BCUT2D eigenvalue weighted by Crippen LogP contribution is -2.52. The molecule has 0 bridgehead atoms. The predicted molar refractivity (Wildman–Crippen MR) is 104 cm³/mol. The fourth-order valence-corrected chi connectivity index (χ4v) is 3.97. The molecule has 2 saturated heterocycles. The van der Waals surface area contributed by atoms with Gasteiger partial charge in [-0.1, -0.05) is 12.7 Å². The molecule has 0 spiro atoms. The molecule has 7 heteroatoms. The van der Waals surface area contributed by atoms with E-state index >= 15 is 0 Å². The number of methoxy groups -OCH3 is 1. The summed E-state index contributed by atoms with van der Waals surface area (Å²) in [5, 5.41) is 11.3. The molecule has 0 unspecified atom stereocenters. The summed E-state index contributed by atoms with van der Waals surface area (Å²) >= 11 is 0. The smallest absolute Gasteiger partial charge is 0.280 e. The van der Waals surface area contributed by atoms with E-state index in [0.717, 1.165) is 57.8 Å². The second-order valence-corrected chi connectivity index (χ2v) is 7.10. The average Bonchev–Trinajstić information content (AvgIpc) is 2.67. The Bertz CT molecular complexity index is 663. The molecule has 1 aromatic carbocycles. The highest BCUT2D eigenvalue weighted by atomic mass is 16.6. The van der Waals surface area contributed by atoms with Gasteiger partial charge >= 0.3 is 0 Å². The van der Waals surface area contributed by atoms with Crippen LogP contribution in [0.2, 0.25) is 0 Å². The van der Waals surface area contributed by atoms with Crippen LogP contribution in [0.4, 0.5) is 11.4 Å². The number of rotatable bonds is 5. The van der Waals surface area contributed by atoms with E-state index in [0.29, 0.717) is 17.4 Å². The fraction of sp³-hybridized carbons (Fsp3) is 0.579. The number of anilines is 1. The first-order valence-electron chi connectivity index (χ1n) is 9.20. The van der Waals surface area contributed by atoms with E-state index < -0.39 is 0 Å². The van der Waals surface area contributed by atoms with E-state index in [1.807, 2.05) is 6.07 Å². The third kappa shape index (κ3) is 3.83. The normalized spacial score (nSPS) is 20.2. The third-order valence-corrected chi connectivity index (χ3v) is 5.60. The SMILES string of the molecule is C=Cc1cc(N2CCC(N3CCN(C)CC3)CC2)c(OC)cc1[N+](=O)[O-]. The summed E-state index contributed by atoms with van der Waals surface area (Å²) in [5.41, 5.74) is 1.49. The quantitative estimate of drug-likeness (QED) is 0.594. The number of nitrogens with zero attached hydrogens (tertiary/aromatic N) is 4. The van der Waals surface area contributed by atoms with Crippen molar-refractivity contribution in [1.82, 2.24) is 9.80 Å². The van der Waals surface area contributed by atoms with Gasteiger partial charge in [-0.25, -0.2) is 0 Å². The highest BCUT2D eigenvalue weighted by molar-refractivity contribution is 5.72. The van der Waals surface area contributed by atoms with Gasteiger partial charge in [0.05, 0.1) is 29.4 Å². The molecule has 142 valence electrons. The summed E-state index contributed by atoms with van der Waals surface area (Å²) in [6.45, 7) is 10.1. The first kappa shape index (κ1) is 18.7. The predicted octanol–water partition coefficient (Wildman–Crippen LogP) is 2.46. The molecule has 2 aliphatic heterocycles. The van der Waals surface area contributed by atoms with Gasteiger partial charge in [-0.05, 0) is 26.0 Å². The van der Waals surface area contributed by atoms with Crippen LogP contribution in [-0.2, 0) is 0 Å². The van der Waals surface area contributed by atoms with Gasteiger partial charge in [0, 0.05) is 45.3 Å². The fourth-order valence-electron chi connectivity index (χ4n) is 3.97. The Balaban J connectivity index is 1.72. The second kappa shape index (κ2) is 8.05. The number of piperidine rings is 1. The lowest BCUT2D eigenvalue weighted by atomic mass is 10.0. The number of hydrogen-bond acceptors (Lipinski definition) is 6.